The molecule has 0 radical (unpaired) electrons. The van der Waals surface area contributed by atoms with E-state index in [0.29, 0.717) is 13.0 Å². The van der Waals surface area contributed by atoms with Gasteiger partial charge in [-0.2, -0.15) is 0 Å². The van der Waals surface area contributed by atoms with Crippen LogP contribution in [0.1, 0.15) is 18.9 Å². The van der Waals surface area contributed by atoms with Crippen LogP contribution in [0.25, 0.3) is 10.9 Å². The first-order chi connectivity index (χ1) is 8.81. The molecule has 18 heavy (non-hydrogen) atoms. The van der Waals surface area contributed by atoms with Crippen molar-refractivity contribution in [2.75, 3.05) is 13.7 Å². The number of nitrogens with two attached hydrogens (primary N) is 1. The van der Waals surface area contributed by atoms with Crippen molar-refractivity contribution >= 4 is 16.9 Å². The highest BCUT2D eigenvalue weighted by molar-refractivity contribution is 5.83. The summed E-state index contributed by atoms with van der Waals surface area (Å²) in [5.74, 6) is -0.132. The number of esters is 1. The van der Waals surface area contributed by atoms with E-state index >= 15 is 0 Å². The molecule has 0 saturated heterocycles. The average Bonchev–Trinajstić information content (AvgIpc) is 2.82. The quantitative estimate of drug-likeness (QED) is 0.815. The Balaban J connectivity index is 0.000000771. The van der Waals surface area contributed by atoms with Gasteiger partial charge in [0, 0.05) is 23.5 Å². The first-order valence-electron chi connectivity index (χ1n) is 6.09. The van der Waals surface area contributed by atoms with Crippen LogP contribution in [0.2, 0.25) is 0 Å². The lowest BCUT2D eigenvalue weighted by Crippen LogP contribution is -2.04. The standard InChI is InChI=1S/C13H15NO2.CH5N/c1-2-16-13(15)8-7-10-9-14-12-6-4-3-5-11(10)12;1-2/h3-6,9,14H,2,7-8H2,1H3;2H2,1H3. The summed E-state index contributed by atoms with van der Waals surface area (Å²) in [5.41, 5.74) is 6.78. The summed E-state index contributed by atoms with van der Waals surface area (Å²) in [7, 11) is 1.50. The fourth-order valence-corrected chi connectivity index (χ4v) is 1.81. The summed E-state index contributed by atoms with van der Waals surface area (Å²) < 4.78 is 4.90. The molecule has 0 amide bonds. The van der Waals surface area contributed by atoms with Gasteiger partial charge >= 0.3 is 5.97 Å². The molecular weight excluding hydrogens is 228 g/mol. The van der Waals surface area contributed by atoms with Gasteiger partial charge in [0.1, 0.15) is 0 Å². The van der Waals surface area contributed by atoms with Gasteiger partial charge in [0.15, 0.2) is 0 Å². The fraction of sp³-hybridized carbons (Fsp3) is 0.357. The van der Waals surface area contributed by atoms with Gasteiger partial charge in [-0.15, -0.1) is 0 Å². The molecule has 0 aliphatic rings. The van der Waals surface area contributed by atoms with Gasteiger partial charge in [0.25, 0.3) is 0 Å². The molecule has 0 spiro atoms. The van der Waals surface area contributed by atoms with Crippen molar-refractivity contribution in [2.45, 2.75) is 19.8 Å². The van der Waals surface area contributed by atoms with Gasteiger partial charge in [0.05, 0.1) is 6.61 Å². The third-order valence-corrected chi connectivity index (χ3v) is 2.58. The SMILES string of the molecule is CCOC(=O)CCc1c[nH]c2ccccc12.CN. The van der Waals surface area contributed by atoms with Crippen LogP contribution in [0.4, 0.5) is 0 Å². The molecule has 0 saturated carbocycles. The zero-order valence-electron chi connectivity index (χ0n) is 10.9. The number of rotatable bonds is 4. The molecule has 3 N–H and O–H groups in total. The van der Waals surface area contributed by atoms with E-state index in [1.807, 2.05) is 31.3 Å². The lowest BCUT2D eigenvalue weighted by molar-refractivity contribution is -0.143. The normalized spacial score (nSPS) is 9.72. The molecule has 0 unspecified atom stereocenters. The number of benzene rings is 1. The maximum Gasteiger partial charge on any atom is 0.306 e. The van der Waals surface area contributed by atoms with Crippen molar-refractivity contribution in [1.29, 1.82) is 0 Å². The molecule has 0 atom stereocenters. The van der Waals surface area contributed by atoms with Gasteiger partial charge in [-0.3, -0.25) is 4.79 Å². The van der Waals surface area contributed by atoms with E-state index in [-0.39, 0.29) is 5.97 Å². The number of hydrogen-bond donors (Lipinski definition) is 2. The van der Waals surface area contributed by atoms with E-state index in [4.69, 9.17) is 4.74 Å². The molecule has 4 nitrogen and oxygen atoms in total. The summed E-state index contributed by atoms with van der Waals surface area (Å²) in [4.78, 5) is 14.4. The molecular formula is C14H20N2O2. The van der Waals surface area contributed by atoms with Crippen molar-refractivity contribution in [3.8, 4) is 0 Å². The molecule has 0 aliphatic carbocycles. The summed E-state index contributed by atoms with van der Waals surface area (Å²) >= 11 is 0. The predicted molar refractivity (Wildman–Crippen MR) is 73.4 cm³/mol. The Labute approximate surface area is 107 Å². The number of hydrogen-bond acceptors (Lipinski definition) is 3. The zero-order chi connectivity index (χ0) is 13.4. The van der Waals surface area contributed by atoms with E-state index in [1.165, 1.54) is 18.0 Å². The molecule has 4 heteroatoms. The Morgan fingerprint density at radius 1 is 1.33 bits per heavy atom. The lowest BCUT2D eigenvalue weighted by Gasteiger charge is -2.00. The zero-order valence-corrected chi connectivity index (χ0v) is 10.9. The first-order valence-corrected chi connectivity index (χ1v) is 6.09. The highest BCUT2D eigenvalue weighted by Crippen LogP contribution is 2.18. The minimum absolute atomic E-state index is 0.132. The number of ether oxygens (including phenoxy) is 1. The second kappa shape index (κ2) is 7.50. The van der Waals surface area contributed by atoms with Crippen LogP contribution >= 0.6 is 0 Å². The van der Waals surface area contributed by atoms with Crippen LogP contribution in [0.3, 0.4) is 0 Å². The lowest BCUT2D eigenvalue weighted by atomic mass is 10.1. The molecule has 0 aliphatic heterocycles. The van der Waals surface area contributed by atoms with Crippen molar-refractivity contribution in [2.24, 2.45) is 5.73 Å². The minimum Gasteiger partial charge on any atom is -0.466 e. The van der Waals surface area contributed by atoms with Crippen molar-refractivity contribution < 1.29 is 9.53 Å². The van der Waals surface area contributed by atoms with Gasteiger partial charge in [-0.1, -0.05) is 18.2 Å². The molecule has 1 aromatic carbocycles. The van der Waals surface area contributed by atoms with E-state index in [9.17, 15) is 4.79 Å². The molecule has 1 aromatic heterocycles. The number of carbonyl (C=O) groups is 1. The number of aromatic amines is 1. The maximum atomic E-state index is 11.2. The monoisotopic (exact) mass is 248 g/mol. The number of carbonyl (C=O) groups excluding carboxylic acids is 1. The Hall–Kier alpha value is -1.81. The van der Waals surface area contributed by atoms with Gasteiger partial charge in [-0.05, 0) is 32.0 Å². The fourth-order valence-electron chi connectivity index (χ4n) is 1.81. The van der Waals surface area contributed by atoms with Crippen LogP contribution in [-0.2, 0) is 16.0 Å². The number of aryl methyl sites for hydroxylation is 1. The van der Waals surface area contributed by atoms with E-state index < -0.39 is 0 Å². The second-order valence-corrected chi connectivity index (χ2v) is 3.66. The third-order valence-electron chi connectivity index (χ3n) is 2.58. The summed E-state index contributed by atoms with van der Waals surface area (Å²) in [5, 5.41) is 1.19. The Morgan fingerprint density at radius 3 is 2.78 bits per heavy atom. The molecule has 0 bridgehead atoms. The molecule has 98 valence electrons. The Morgan fingerprint density at radius 2 is 2.06 bits per heavy atom. The number of aromatic nitrogens is 1. The average molecular weight is 248 g/mol. The summed E-state index contributed by atoms with van der Waals surface area (Å²) in [6, 6.07) is 8.09. The van der Waals surface area contributed by atoms with E-state index in [2.05, 4.69) is 16.8 Å². The van der Waals surface area contributed by atoms with Crippen molar-refractivity contribution in [3.05, 3.63) is 36.0 Å². The number of nitrogens with one attached hydrogen (secondary N) is 1. The van der Waals surface area contributed by atoms with Crippen LogP contribution < -0.4 is 5.73 Å². The van der Waals surface area contributed by atoms with Gasteiger partial charge in [-0.25, -0.2) is 0 Å². The van der Waals surface area contributed by atoms with Crippen molar-refractivity contribution in [1.82, 2.24) is 4.98 Å². The van der Waals surface area contributed by atoms with Gasteiger partial charge < -0.3 is 15.5 Å². The highest BCUT2D eigenvalue weighted by atomic mass is 16.5. The summed E-state index contributed by atoms with van der Waals surface area (Å²) in [6.45, 7) is 2.27. The molecule has 0 fully saturated rings. The molecule has 2 aromatic rings. The Bertz CT molecular complexity index is 491. The largest absolute Gasteiger partial charge is 0.466 e. The number of fused-ring (bicyclic) bond motifs is 1. The maximum absolute atomic E-state index is 11.2. The third kappa shape index (κ3) is 3.60. The number of para-hydroxylation sites is 1. The topological polar surface area (TPSA) is 68.1 Å². The van der Waals surface area contributed by atoms with Gasteiger partial charge in [0.2, 0.25) is 0 Å². The molecule has 1 heterocycles. The second-order valence-electron chi connectivity index (χ2n) is 3.66. The van der Waals surface area contributed by atoms with Crippen molar-refractivity contribution in [3.63, 3.8) is 0 Å². The summed E-state index contributed by atoms with van der Waals surface area (Å²) in [6.07, 6.45) is 3.13. The predicted octanol–water partition coefficient (Wildman–Crippen LogP) is 2.24. The molecule has 2 rings (SSSR count). The van der Waals surface area contributed by atoms with Crippen LogP contribution in [-0.4, -0.2) is 24.6 Å². The first kappa shape index (κ1) is 14.3. The smallest absolute Gasteiger partial charge is 0.306 e. The minimum atomic E-state index is -0.132. The number of H-pyrrole nitrogens is 1. The van der Waals surface area contributed by atoms with Crippen LogP contribution in [0.15, 0.2) is 30.5 Å². The van der Waals surface area contributed by atoms with E-state index in [1.54, 1.807) is 0 Å². The van der Waals surface area contributed by atoms with E-state index in [0.717, 1.165) is 11.9 Å². The Kier molecular flexibility index (Phi) is 5.94. The highest BCUT2D eigenvalue weighted by Gasteiger charge is 2.06. The van der Waals surface area contributed by atoms with Crippen LogP contribution in [0, 0.1) is 0 Å². The van der Waals surface area contributed by atoms with Crippen LogP contribution in [0.5, 0.6) is 0 Å².